The highest BCUT2D eigenvalue weighted by Gasteiger charge is 2.40. The Balaban J connectivity index is 1.58. The van der Waals surface area contributed by atoms with E-state index in [1.54, 1.807) is 22.8 Å². The van der Waals surface area contributed by atoms with Crippen LogP contribution in [-0.2, 0) is 20.9 Å². The molecule has 2 aromatic rings. The van der Waals surface area contributed by atoms with Gasteiger partial charge in [0.05, 0.1) is 13.2 Å². The van der Waals surface area contributed by atoms with Crippen molar-refractivity contribution in [3.63, 3.8) is 0 Å². The third-order valence-corrected chi connectivity index (χ3v) is 6.57. The van der Waals surface area contributed by atoms with Crippen LogP contribution in [0.3, 0.4) is 0 Å². The van der Waals surface area contributed by atoms with Crippen LogP contribution in [0, 0.1) is 11.7 Å². The van der Waals surface area contributed by atoms with E-state index in [1.807, 2.05) is 18.5 Å². The van der Waals surface area contributed by atoms with Crippen molar-refractivity contribution in [3.05, 3.63) is 65.2 Å². The molecule has 2 unspecified atom stereocenters. The Kier molecular flexibility index (Phi) is 6.62. The third kappa shape index (κ3) is 5.10. The SMILES string of the molecule is COC(=O)Cn1ccc(C=C2CN(C(C(=O)C3CC3)c3ccccc3F)CCC2S)c1. The minimum atomic E-state index is -0.568. The summed E-state index contributed by atoms with van der Waals surface area (Å²) in [6.07, 6.45) is 8.33. The number of rotatable bonds is 7. The first-order valence-electron chi connectivity index (χ1n) is 10.6. The predicted molar refractivity (Wildman–Crippen MR) is 120 cm³/mol. The van der Waals surface area contributed by atoms with Gasteiger partial charge in [0.25, 0.3) is 0 Å². The molecule has 7 heteroatoms. The van der Waals surface area contributed by atoms with Crippen molar-refractivity contribution in [3.8, 4) is 0 Å². The average Bonchev–Trinajstić information content (AvgIpc) is 3.53. The second-order valence-corrected chi connectivity index (χ2v) is 8.91. The number of benzene rings is 1. The smallest absolute Gasteiger partial charge is 0.325 e. The molecule has 1 saturated carbocycles. The fraction of sp³-hybridized carbons (Fsp3) is 0.417. The number of nitrogens with zero attached hydrogens (tertiary/aromatic N) is 2. The molecule has 1 aromatic heterocycles. The van der Waals surface area contributed by atoms with Gasteiger partial charge >= 0.3 is 5.97 Å². The maximum Gasteiger partial charge on any atom is 0.325 e. The molecule has 2 aliphatic rings. The number of hydrogen-bond donors (Lipinski definition) is 1. The normalized spacial score (nSPS) is 21.8. The lowest BCUT2D eigenvalue weighted by atomic mass is 9.93. The maximum atomic E-state index is 14.6. The zero-order valence-corrected chi connectivity index (χ0v) is 18.4. The fourth-order valence-corrected chi connectivity index (χ4v) is 4.41. The van der Waals surface area contributed by atoms with Crippen LogP contribution in [-0.4, -0.2) is 46.7 Å². The van der Waals surface area contributed by atoms with Gasteiger partial charge in [-0.15, -0.1) is 0 Å². The van der Waals surface area contributed by atoms with Crippen LogP contribution in [0.25, 0.3) is 6.08 Å². The number of Topliss-reactive ketones (excluding diaryl/α,β-unsaturated/α-hetero) is 1. The van der Waals surface area contributed by atoms with Crippen LogP contribution in [0.2, 0.25) is 0 Å². The van der Waals surface area contributed by atoms with Gasteiger partial charge in [0.2, 0.25) is 0 Å². The number of methoxy groups -OCH3 is 1. The van der Waals surface area contributed by atoms with Crippen LogP contribution in [0.5, 0.6) is 0 Å². The Morgan fingerprint density at radius 1 is 1.26 bits per heavy atom. The summed E-state index contributed by atoms with van der Waals surface area (Å²) in [5.74, 6) is -0.485. The molecule has 2 fully saturated rings. The molecular formula is C24H27FN2O3S. The molecule has 0 amide bonds. The van der Waals surface area contributed by atoms with E-state index in [-0.39, 0.29) is 35.3 Å². The summed E-state index contributed by atoms with van der Waals surface area (Å²) in [5, 5.41) is 0.0671. The van der Waals surface area contributed by atoms with E-state index in [4.69, 9.17) is 17.4 Å². The highest BCUT2D eigenvalue weighted by Crippen LogP contribution is 2.39. The molecule has 1 aliphatic heterocycles. The Morgan fingerprint density at radius 3 is 2.74 bits per heavy atom. The van der Waals surface area contributed by atoms with Crippen LogP contribution in [0.1, 0.15) is 36.4 Å². The van der Waals surface area contributed by atoms with Crippen molar-refractivity contribution in [1.82, 2.24) is 9.47 Å². The number of carbonyl (C=O) groups excluding carboxylic acids is 2. The summed E-state index contributed by atoms with van der Waals surface area (Å²) in [6.45, 7) is 1.39. The molecule has 1 saturated heterocycles. The van der Waals surface area contributed by atoms with E-state index in [9.17, 15) is 14.0 Å². The molecule has 0 spiro atoms. The summed E-state index contributed by atoms with van der Waals surface area (Å²) >= 11 is 4.75. The molecule has 0 radical (unpaired) electrons. The molecule has 2 atom stereocenters. The van der Waals surface area contributed by atoms with Gasteiger partial charge in [0, 0.05) is 42.2 Å². The molecule has 1 aliphatic carbocycles. The maximum absolute atomic E-state index is 14.6. The van der Waals surface area contributed by atoms with Gasteiger partial charge < -0.3 is 9.30 Å². The van der Waals surface area contributed by atoms with Gasteiger partial charge in [-0.2, -0.15) is 12.6 Å². The van der Waals surface area contributed by atoms with Crippen LogP contribution in [0.15, 0.2) is 48.3 Å². The summed E-state index contributed by atoms with van der Waals surface area (Å²) < 4.78 is 21.1. The molecule has 4 rings (SSSR count). The Bertz CT molecular complexity index is 998. The summed E-state index contributed by atoms with van der Waals surface area (Å²) in [5.41, 5.74) is 2.49. The first-order chi connectivity index (χ1) is 15.0. The molecule has 0 bridgehead atoms. The number of likely N-dealkylation sites (tertiary alicyclic amines) is 1. The second kappa shape index (κ2) is 9.40. The molecule has 0 N–H and O–H groups in total. The van der Waals surface area contributed by atoms with Crippen LogP contribution in [0.4, 0.5) is 4.39 Å². The Morgan fingerprint density at radius 2 is 2.03 bits per heavy atom. The van der Waals surface area contributed by atoms with Gasteiger partial charge in [0.15, 0.2) is 5.78 Å². The van der Waals surface area contributed by atoms with E-state index in [0.29, 0.717) is 18.7 Å². The number of thiol groups is 1. The zero-order valence-electron chi connectivity index (χ0n) is 17.5. The topological polar surface area (TPSA) is 51.5 Å². The molecule has 5 nitrogen and oxygen atoms in total. The zero-order chi connectivity index (χ0) is 22.0. The number of carbonyl (C=O) groups is 2. The van der Waals surface area contributed by atoms with Crippen molar-refractivity contribution >= 4 is 30.5 Å². The second-order valence-electron chi connectivity index (χ2n) is 8.29. The lowest BCUT2D eigenvalue weighted by Gasteiger charge is -2.37. The van der Waals surface area contributed by atoms with Crippen molar-refractivity contribution in [1.29, 1.82) is 0 Å². The third-order valence-electron chi connectivity index (χ3n) is 5.98. The molecule has 2 heterocycles. The fourth-order valence-electron chi connectivity index (χ4n) is 4.14. The quantitative estimate of drug-likeness (QED) is 0.522. The number of esters is 1. The monoisotopic (exact) mass is 442 g/mol. The van der Waals surface area contributed by atoms with E-state index >= 15 is 0 Å². The minimum Gasteiger partial charge on any atom is -0.468 e. The van der Waals surface area contributed by atoms with Crippen molar-refractivity contribution < 1.29 is 18.7 Å². The van der Waals surface area contributed by atoms with E-state index in [1.165, 1.54) is 13.2 Å². The van der Waals surface area contributed by atoms with Crippen molar-refractivity contribution in [2.45, 2.75) is 37.1 Å². The summed E-state index contributed by atoms with van der Waals surface area (Å²) in [7, 11) is 1.37. The molecule has 1 aromatic carbocycles. The lowest BCUT2D eigenvalue weighted by molar-refractivity contribution is -0.141. The first kappa shape index (κ1) is 21.8. The number of hydrogen-bond acceptors (Lipinski definition) is 5. The van der Waals surface area contributed by atoms with Gasteiger partial charge in [0.1, 0.15) is 12.4 Å². The van der Waals surface area contributed by atoms with Gasteiger partial charge in [-0.05, 0) is 42.5 Å². The number of aromatic nitrogens is 1. The largest absolute Gasteiger partial charge is 0.468 e. The minimum absolute atomic E-state index is 0.0399. The predicted octanol–water partition coefficient (Wildman–Crippen LogP) is 3.91. The number of halogens is 1. The molecule has 31 heavy (non-hydrogen) atoms. The van der Waals surface area contributed by atoms with Crippen molar-refractivity contribution in [2.75, 3.05) is 20.2 Å². The van der Waals surface area contributed by atoms with E-state index in [0.717, 1.165) is 30.4 Å². The Labute approximate surface area is 187 Å². The highest BCUT2D eigenvalue weighted by atomic mass is 32.1. The molecule has 164 valence electrons. The van der Waals surface area contributed by atoms with E-state index < -0.39 is 6.04 Å². The highest BCUT2D eigenvalue weighted by molar-refractivity contribution is 7.81. The van der Waals surface area contributed by atoms with Crippen molar-refractivity contribution in [2.24, 2.45) is 5.92 Å². The lowest BCUT2D eigenvalue weighted by Crippen LogP contribution is -2.42. The summed E-state index contributed by atoms with van der Waals surface area (Å²) in [6, 6.07) is 7.96. The number of ether oxygens (including phenoxy) is 1. The van der Waals surface area contributed by atoms with Gasteiger partial charge in [-0.1, -0.05) is 24.3 Å². The number of ketones is 1. The van der Waals surface area contributed by atoms with E-state index in [2.05, 4.69) is 11.0 Å². The van der Waals surface area contributed by atoms with Gasteiger partial charge in [-0.25, -0.2) is 4.39 Å². The number of piperidine rings is 1. The van der Waals surface area contributed by atoms with Crippen LogP contribution < -0.4 is 0 Å². The molecular weight excluding hydrogens is 415 g/mol. The Hall–Kier alpha value is -2.38. The van der Waals surface area contributed by atoms with Crippen LogP contribution >= 0.6 is 12.6 Å². The summed E-state index contributed by atoms with van der Waals surface area (Å²) in [4.78, 5) is 26.7. The average molecular weight is 443 g/mol. The van der Waals surface area contributed by atoms with Gasteiger partial charge in [-0.3, -0.25) is 14.5 Å². The first-order valence-corrected chi connectivity index (χ1v) is 11.1. The standard InChI is InChI=1S/C24H27FN2O3S/c1-30-22(28)15-26-10-8-16(13-26)12-18-14-27(11-9-21(18)31)23(24(29)17-6-7-17)19-4-2-3-5-20(19)25/h2-5,8,10,12-13,17,21,23,31H,6-7,9,11,14-15H2,1H3.